The van der Waals surface area contributed by atoms with E-state index in [-0.39, 0.29) is 5.97 Å². The molecule has 0 amide bonds. The van der Waals surface area contributed by atoms with Crippen LogP contribution in [0.2, 0.25) is 0 Å². The molecule has 180 valence electrons. The third kappa shape index (κ3) is 3.19. The minimum atomic E-state index is -1.06. The molecule has 0 saturated carbocycles. The van der Waals surface area contributed by atoms with Crippen LogP contribution in [0.1, 0.15) is 40.9 Å². The highest BCUT2D eigenvalue weighted by molar-refractivity contribution is 5.97. The van der Waals surface area contributed by atoms with Gasteiger partial charge in [-0.1, -0.05) is 42.5 Å². The Bertz CT molecular complexity index is 1480. The number of esters is 1. The van der Waals surface area contributed by atoms with Gasteiger partial charge in [0.05, 0.1) is 5.56 Å². The largest absolute Gasteiger partial charge is 0.456 e. The molecule has 4 aromatic rings. The third-order valence-electron chi connectivity index (χ3n) is 7.33. The molecule has 0 aliphatic carbocycles. The van der Waals surface area contributed by atoms with Crippen LogP contribution < -0.4 is 14.5 Å². The maximum absolute atomic E-state index is 13.1. The highest BCUT2D eigenvalue weighted by Crippen LogP contribution is 2.56. The van der Waals surface area contributed by atoms with Crippen LogP contribution in [0.5, 0.6) is 11.5 Å². The van der Waals surface area contributed by atoms with Crippen molar-refractivity contribution in [2.75, 3.05) is 29.9 Å². The summed E-state index contributed by atoms with van der Waals surface area (Å²) in [7, 11) is 2.06. The van der Waals surface area contributed by atoms with Crippen molar-refractivity contribution in [1.29, 1.82) is 0 Å². The molecule has 2 aliphatic rings. The van der Waals surface area contributed by atoms with Crippen LogP contribution in [-0.4, -0.2) is 26.1 Å². The number of nitrogens with zero attached hydrogens (tertiary/aromatic N) is 2. The first-order valence-electron chi connectivity index (χ1n) is 12.4. The monoisotopic (exact) mass is 476 g/mol. The third-order valence-corrected chi connectivity index (χ3v) is 7.33. The van der Waals surface area contributed by atoms with E-state index in [1.54, 1.807) is 0 Å². The van der Waals surface area contributed by atoms with Crippen LogP contribution >= 0.6 is 0 Å². The predicted octanol–water partition coefficient (Wildman–Crippen LogP) is 6.87. The summed E-state index contributed by atoms with van der Waals surface area (Å²) >= 11 is 0. The van der Waals surface area contributed by atoms with Crippen LogP contribution in [0.3, 0.4) is 0 Å². The molecule has 2 heterocycles. The van der Waals surface area contributed by atoms with Crippen molar-refractivity contribution in [2.45, 2.75) is 19.4 Å². The molecular weight excluding hydrogens is 448 g/mol. The van der Waals surface area contributed by atoms with Gasteiger partial charge in [-0.3, -0.25) is 0 Å². The van der Waals surface area contributed by atoms with Crippen molar-refractivity contribution < 1.29 is 14.3 Å². The van der Waals surface area contributed by atoms with Crippen molar-refractivity contribution in [1.82, 2.24) is 0 Å². The molecule has 5 heteroatoms. The lowest BCUT2D eigenvalue weighted by molar-refractivity contribution is 0.0224. The van der Waals surface area contributed by atoms with E-state index in [1.165, 1.54) is 5.69 Å². The summed E-state index contributed by atoms with van der Waals surface area (Å²) in [5.74, 6) is 1.06. The van der Waals surface area contributed by atoms with Crippen molar-refractivity contribution in [3.05, 3.63) is 113 Å². The van der Waals surface area contributed by atoms with E-state index >= 15 is 0 Å². The number of fused-ring (bicyclic) bond motifs is 6. The van der Waals surface area contributed by atoms with Gasteiger partial charge < -0.3 is 19.3 Å². The second kappa shape index (κ2) is 8.45. The standard InChI is InChI=1S/C31H28N2O3/c1-4-33(5-2)23-12-10-11-21(19-23)32(3)22-17-18-29-27(20-22)31(26-15-8-9-16-28(26)35-29)25-14-7-6-13-24(25)30(34)36-31/h6-20H,4-5H2,1-3H3. The van der Waals surface area contributed by atoms with E-state index in [2.05, 4.69) is 61.0 Å². The number of carbonyl (C=O) groups excluding carboxylic acids is 1. The van der Waals surface area contributed by atoms with Crippen molar-refractivity contribution >= 4 is 23.0 Å². The smallest absolute Gasteiger partial charge is 0.340 e. The number of carbonyl (C=O) groups is 1. The number of anilines is 3. The van der Waals surface area contributed by atoms with E-state index in [1.807, 2.05) is 60.7 Å². The van der Waals surface area contributed by atoms with Crippen LogP contribution in [-0.2, 0) is 10.3 Å². The summed E-state index contributed by atoms with van der Waals surface area (Å²) in [6, 6.07) is 30.1. The van der Waals surface area contributed by atoms with Crippen molar-refractivity contribution in [3.63, 3.8) is 0 Å². The van der Waals surface area contributed by atoms with Gasteiger partial charge in [0.15, 0.2) is 5.60 Å². The van der Waals surface area contributed by atoms with Gasteiger partial charge in [-0.15, -0.1) is 0 Å². The second-order valence-electron chi connectivity index (χ2n) is 9.15. The molecular formula is C31H28N2O3. The Morgan fingerprint density at radius 3 is 2.17 bits per heavy atom. The summed E-state index contributed by atoms with van der Waals surface area (Å²) < 4.78 is 12.6. The Hall–Kier alpha value is -4.25. The van der Waals surface area contributed by atoms with Gasteiger partial charge in [0.1, 0.15) is 11.5 Å². The zero-order chi connectivity index (χ0) is 24.9. The Kier molecular flexibility index (Phi) is 5.22. The zero-order valence-electron chi connectivity index (χ0n) is 20.7. The van der Waals surface area contributed by atoms with E-state index in [0.717, 1.165) is 41.2 Å². The average Bonchev–Trinajstić information content (AvgIpc) is 3.22. The van der Waals surface area contributed by atoms with E-state index < -0.39 is 5.60 Å². The fraction of sp³-hybridized carbons (Fsp3) is 0.194. The van der Waals surface area contributed by atoms with Crippen LogP contribution in [0.25, 0.3) is 0 Å². The first-order valence-corrected chi connectivity index (χ1v) is 12.4. The Labute approximate surface area is 211 Å². The SMILES string of the molecule is CCN(CC)c1cccc(N(C)c2ccc3c(c2)C2(OC(=O)c4ccccc42)c2ccccc2O3)c1. The van der Waals surface area contributed by atoms with Crippen LogP contribution in [0, 0.1) is 0 Å². The first-order chi connectivity index (χ1) is 17.6. The summed E-state index contributed by atoms with van der Waals surface area (Å²) in [5.41, 5.74) is 5.28. The van der Waals surface area contributed by atoms with E-state index in [4.69, 9.17) is 9.47 Å². The Morgan fingerprint density at radius 1 is 0.694 bits per heavy atom. The zero-order valence-corrected chi connectivity index (χ0v) is 20.7. The van der Waals surface area contributed by atoms with Crippen molar-refractivity contribution in [2.24, 2.45) is 0 Å². The number of rotatable bonds is 5. The number of hydrogen-bond acceptors (Lipinski definition) is 5. The normalized spacial score (nSPS) is 17.0. The van der Waals surface area contributed by atoms with Gasteiger partial charge in [-0.2, -0.15) is 0 Å². The summed E-state index contributed by atoms with van der Waals surface area (Å²) in [4.78, 5) is 17.6. The minimum absolute atomic E-state index is 0.320. The number of benzene rings is 4. The Morgan fingerprint density at radius 2 is 1.36 bits per heavy atom. The molecule has 36 heavy (non-hydrogen) atoms. The van der Waals surface area contributed by atoms with Gasteiger partial charge in [0.25, 0.3) is 0 Å². The molecule has 0 N–H and O–H groups in total. The van der Waals surface area contributed by atoms with Crippen LogP contribution in [0.15, 0.2) is 91.0 Å². The second-order valence-corrected chi connectivity index (χ2v) is 9.15. The number of hydrogen-bond donors (Lipinski definition) is 0. The topological polar surface area (TPSA) is 42.0 Å². The molecule has 1 spiro atoms. The molecule has 1 atom stereocenters. The quantitative estimate of drug-likeness (QED) is 0.294. The van der Waals surface area contributed by atoms with Crippen LogP contribution in [0.4, 0.5) is 17.1 Å². The maximum Gasteiger partial charge on any atom is 0.340 e. The summed E-state index contributed by atoms with van der Waals surface area (Å²) in [5, 5.41) is 0. The lowest BCUT2D eigenvalue weighted by Crippen LogP contribution is -2.33. The highest BCUT2D eigenvalue weighted by Gasteiger charge is 2.53. The number of ether oxygens (including phenoxy) is 2. The lowest BCUT2D eigenvalue weighted by atomic mass is 9.77. The molecule has 0 bridgehead atoms. The van der Waals surface area contributed by atoms with Gasteiger partial charge in [0.2, 0.25) is 0 Å². The van der Waals surface area contributed by atoms with Gasteiger partial charge in [-0.25, -0.2) is 4.79 Å². The molecule has 0 radical (unpaired) electrons. The highest BCUT2D eigenvalue weighted by atomic mass is 16.6. The Balaban J connectivity index is 1.51. The molecule has 5 nitrogen and oxygen atoms in total. The molecule has 4 aromatic carbocycles. The first kappa shape index (κ1) is 22.2. The lowest BCUT2D eigenvalue weighted by Gasteiger charge is -2.37. The maximum atomic E-state index is 13.1. The molecule has 6 rings (SSSR count). The van der Waals surface area contributed by atoms with Gasteiger partial charge in [-0.05, 0) is 62.4 Å². The van der Waals surface area contributed by atoms with Gasteiger partial charge in [0, 0.05) is 53.9 Å². The molecule has 0 fully saturated rings. The predicted molar refractivity (Wildman–Crippen MR) is 143 cm³/mol. The molecule has 0 aromatic heterocycles. The molecule has 2 aliphatic heterocycles. The van der Waals surface area contributed by atoms with Crippen molar-refractivity contribution in [3.8, 4) is 11.5 Å². The van der Waals surface area contributed by atoms with E-state index in [0.29, 0.717) is 17.1 Å². The molecule has 1 unspecified atom stereocenters. The minimum Gasteiger partial charge on any atom is -0.456 e. The fourth-order valence-electron chi connectivity index (χ4n) is 5.45. The fourth-order valence-corrected chi connectivity index (χ4v) is 5.45. The number of para-hydroxylation sites is 1. The van der Waals surface area contributed by atoms with E-state index in [9.17, 15) is 4.79 Å². The average molecular weight is 477 g/mol. The van der Waals surface area contributed by atoms with Gasteiger partial charge >= 0.3 is 5.97 Å². The molecule has 0 saturated heterocycles. The summed E-state index contributed by atoms with van der Waals surface area (Å²) in [6.07, 6.45) is 0. The summed E-state index contributed by atoms with van der Waals surface area (Å²) in [6.45, 7) is 6.24.